The summed E-state index contributed by atoms with van der Waals surface area (Å²) < 4.78 is 5.55. The minimum atomic E-state index is -0.276. The smallest absolute Gasteiger partial charge is 0.251 e. The van der Waals surface area contributed by atoms with Gasteiger partial charge in [-0.2, -0.15) is 0 Å². The summed E-state index contributed by atoms with van der Waals surface area (Å²) in [4.78, 5) is 14.1. The van der Waals surface area contributed by atoms with Crippen molar-refractivity contribution in [3.63, 3.8) is 0 Å². The summed E-state index contributed by atoms with van der Waals surface area (Å²) in [7, 11) is 1.83. The van der Waals surface area contributed by atoms with Crippen molar-refractivity contribution in [2.75, 3.05) is 19.4 Å². The Morgan fingerprint density at radius 2 is 2.26 bits per heavy atom. The van der Waals surface area contributed by atoms with E-state index < -0.39 is 0 Å². The van der Waals surface area contributed by atoms with Crippen LogP contribution in [-0.2, 0) is 9.53 Å². The van der Waals surface area contributed by atoms with E-state index in [1.807, 2.05) is 38.2 Å². The van der Waals surface area contributed by atoms with Crippen LogP contribution in [-0.4, -0.2) is 30.6 Å². The lowest BCUT2D eigenvalue weighted by atomic mass is 10.0. The molecule has 0 bridgehead atoms. The number of likely N-dealkylation sites (N-methyl/N-ethyl adjacent to an activating group) is 1. The Morgan fingerprint density at radius 3 is 2.89 bits per heavy atom. The van der Waals surface area contributed by atoms with E-state index in [2.05, 4.69) is 0 Å². The van der Waals surface area contributed by atoms with Crippen LogP contribution in [0.2, 0.25) is 0 Å². The maximum absolute atomic E-state index is 12.4. The molecule has 2 unspecified atom stereocenters. The first-order valence-electron chi connectivity index (χ1n) is 6.83. The summed E-state index contributed by atoms with van der Waals surface area (Å²) in [5.74, 6) is 0.0645. The molecule has 19 heavy (non-hydrogen) atoms. The largest absolute Gasteiger partial charge is 0.399 e. The second-order valence-electron chi connectivity index (χ2n) is 5.15. The molecule has 0 aromatic heterocycles. The first kappa shape index (κ1) is 13.9. The van der Waals surface area contributed by atoms with Gasteiger partial charge in [0.25, 0.3) is 5.91 Å². The zero-order valence-corrected chi connectivity index (χ0v) is 11.6. The Labute approximate surface area is 114 Å². The van der Waals surface area contributed by atoms with Crippen LogP contribution in [0.15, 0.2) is 24.3 Å². The van der Waals surface area contributed by atoms with Crippen LogP contribution >= 0.6 is 0 Å². The van der Waals surface area contributed by atoms with Gasteiger partial charge in [0.1, 0.15) is 6.10 Å². The van der Waals surface area contributed by atoms with Gasteiger partial charge >= 0.3 is 0 Å². The van der Waals surface area contributed by atoms with E-state index in [0.29, 0.717) is 6.61 Å². The van der Waals surface area contributed by atoms with Crippen LogP contribution in [0.5, 0.6) is 0 Å². The highest BCUT2D eigenvalue weighted by molar-refractivity contribution is 5.81. The van der Waals surface area contributed by atoms with Gasteiger partial charge in [0.2, 0.25) is 0 Å². The molecular weight excluding hydrogens is 240 g/mol. The summed E-state index contributed by atoms with van der Waals surface area (Å²) in [6.07, 6.45) is 2.67. The van der Waals surface area contributed by atoms with Crippen molar-refractivity contribution in [3.8, 4) is 0 Å². The second-order valence-corrected chi connectivity index (χ2v) is 5.15. The standard InChI is InChI=1S/C15H22N2O2/c1-11(12-6-5-7-13(16)10-12)17(2)15(18)14-8-3-4-9-19-14/h5-7,10-11,14H,3-4,8-9,16H2,1-2H3. The highest BCUT2D eigenvalue weighted by Gasteiger charge is 2.27. The fraction of sp³-hybridized carbons (Fsp3) is 0.533. The number of benzene rings is 1. The average molecular weight is 262 g/mol. The number of hydrogen-bond donors (Lipinski definition) is 1. The van der Waals surface area contributed by atoms with E-state index >= 15 is 0 Å². The molecule has 104 valence electrons. The predicted molar refractivity (Wildman–Crippen MR) is 75.6 cm³/mol. The van der Waals surface area contributed by atoms with E-state index in [4.69, 9.17) is 10.5 Å². The Bertz CT molecular complexity index is 442. The number of hydrogen-bond acceptors (Lipinski definition) is 3. The van der Waals surface area contributed by atoms with E-state index in [-0.39, 0.29) is 18.1 Å². The Balaban J connectivity index is 2.05. The maximum atomic E-state index is 12.4. The van der Waals surface area contributed by atoms with Gasteiger partial charge < -0.3 is 15.4 Å². The lowest BCUT2D eigenvalue weighted by molar-refractivity contribution is -0.147. The molecule has 1 saturated heterocycles. The Hall–Kier alpha value is -1.55. The van der Waals surface area contributed by atoms with Crippen LogP contribution in [0.25, 0.3) is 0 Å². The van der Waals surface area contributed by atoms with Crippen molar-refractivity contribution >= 4 is 11.6 Å². The third-order valence-corrected chi connectivity index (χ3v) is 3.78. The molecule has 1 aromatic rings. The third-order valence-electron chi connectivity index (χ3n) is 3.78. The Morgan fingerprint density at radius 1 is 1.47 bits per heavy atom. The van der Waals surface area contributed by atoms with Gasteiger partial charge in [0, 0.05) is 19.3 Å². The normalized spacial score (nSPS) is 20.8. The minimum Gasteiger partial charge on any atom is -0.399 e. The first-order valence-corrected chi connectivity index (χ1v) is 6.83. The molecule has 4 nitrogen and oxygen atoms in total. The molecule has 2 N–H and O–H groups in total. The number of nitrogen functional groups attached to an aromatic ring is 1. The van der Waals surface area contributed by atoms with Gasteiger partial charge in [0.05, 0.1) is 6.04 Å². The molecule has 0 saturated carbocycles. The molecule has 0 spiro atoms. The van der Waals surface area contributed by atoms with E-state index in [0.717, 1.165) is 30.5 Å². The lowest BCUT2D eigenvalue weighted by Gasteiger charge is -2.31. The van der Waals surface area contributed by atoms with Gasteiger partial charge in [-0.15, -0.1) is 0 Å². The van der Waals surface area contributed by atoms with Crippen molar-refractivity contribution in [1.29, 1.82) is 0 Å². The number of carbonyl (C=O) groups excluding carboxylic acids is 1. The third kappa shape index (κ3) is 3.26. The number of anilines is 1. The summed E-state index contributed by atoms with van der Waals surface area (Å²) in [6, 6.07) is 7.67. The number of nitrogens with zero attached hydrogens (tertiary/aromatic N) is 1. The summed E-state index contributed by atoms with van der Waals surface area (Å²) >= 11 is 0. The minimum absolute atomic E-state index is 0.00141. The topological polar surface area (TPSA) is 55.6 Å². The molecule has 1 amide bonds. The van der Waals surface area contributed by atoms with Gasteiger partial charge in [-0.25, -0.2) is 0 Å². The van der Waals surface area contributed by atoms with Gasteiger partial charge in [0.15, 0.2) is 0 Å². The fourth-order valence-corrected chi connectivity index (χ4v) is 2.40. The average Bonchev–Trinajstić information content (AvgIpc) is 2.46. The highest BCUT2D eigenvalue weighted by Crippen LogP contribution is 2.23. The lowest BCUT2D eigenvalue weighted by Crippen LogP contribution is -2.40. The molecule has 1 fully saturated rings. The van der Waals surface area contributed by atoms with Crippen LogP contribution in [0.4, 0.5) is 5.69 Å². The number of amides is 1. The summed E-state index contributed by atoms with van der Waals surface area (Å²) in [6.45, 7) is 2.70. The molecule has 1 aliphatic heterocycles. The van der Waals surface area contributed by atoms with Crippen LogP contribution in [0, 0.1) is 0 Å². The van der Waals surface area contributed by atoms with Crippen molar-refractivity contribution in [3.05, 3.63) is 29.8 Å². The SMILES string of the molecule is CC(c1cccc(N)c1)N(C)C(=O)C1CCCCO1. The molecule has 2 atom stereocenters. The maximum Gasteiger partial charge on any atom is 0.251 e. The summed E-state index contributed by atoms with van der Waals surface area (Å²) in [5, 5.41) is 0. The van der Waals surface area contributed by atoms with Crippen molar-refractivity contribution in [1.82, 2.24) is 4.90 Å². The van der Waals surface area contributed by atoms with E-state index in [9.17, 15) is 4.79 Å². The number of nitrogens with two attached hydrogens (primary N) is 1. The van der Waals surface area contributed by atoms with Crippen molar-refractivity contribution in [2.24, 2.45) is 0 Å². The number of rotatable bonds is 3. The summed E-state index contributed by atoms with van der Waals surface area (Å²) in [5.41, 5.74) is 7.56. The molecule has 1 aromatic carbocycles. The van der Waals surface area contributed by atoms with E-state index in [1.165, 1.54) is 0 Å². The molecule has 1 heterocycles. The van der Waals surface area contributed by atoms with Crippen molar-refractivity contribution in [2.45, 2.75) is 38.3 Å². The van der Waals surface area contributed by atoms with Gasteiger partial charge in [-0.05, 0) is 43.9 Å². The molecule has 4 heteroatoms. The highest BCUT2D eigenvalue weighted by atomic mass is 16.5. The Kier molecular flexibility index (Phi) is 4.43. The molecule has 0 radical (unpaired) electrons. The van der Waals surface area contributed by atoms with Gasteiger partial charge in [-0.3, -0.25) is 4.79 Å². The zero-order valence-electron chi connectivity index (χ0n) is 11.6. The molecule has 2 rings (SSSR count). The zero-order chi connectivity index (χ0) is 13.8. The molecule has 1 aliphatic rings. The number of ether oxygens (including phenoxy) is 1. The quantitative estimate of drug-likeness (QED) is 0.851. The second kappa shape index (κ2) is 6.06. The van der Waals surface area contributed by atoms with Crippen LogP contribution < -0.4 is 5.73 Å². The van der Waals surface area contributed by atoms with E-state index in [1.54, 1.807) is 4.90 Å². The molecule has 0 aliphatic carbocycles. The van der Waals surface area contributed by atoms with Crippen molar-refractivity contribution < 1.29 is 9.53 Å². The molecular formula is C15H22N2O2. The predicted octanol–water partition coefficient (Wildman–Crippen LogP) is 2.36. The number of carbonyl (C=O) groups is 1. The monoisotopic (exact) mass is 262 g/mol. The van der Waals surface area contributed by atoms with Gasteiger partial charge in [-0.1, -0.05) is 12.1 Å². The van der Waals surface area contributed by atoms with Crippen LogP contribution in [0.1, 0.15) is 37.8 Å². The fourth-order valence-electron chi connectivity index (χ4n) is 2.40. The van der Waals surface area contributed by atoms with Crippen LogP contribution in [0.3, 0.4) is 0 Å². The first-order chi connectivity index (χ1) is 9.09.